The number of unbranched alkanes of at least 4 members (excludes halogenated alkanes) is 35. The molecular formula is C57H107NO4. The maximum Gasteiger partial charge on any atom is 0.222 e. The largest absolute Gasteiger partial charge is 0.394 e. The SMILES string of the molecule is CCCCCCCCCCCCC/C=C/CC/C=C/CC/C=C/C(O)C(CO)NC(=O)CC(O)CCCCCCCCCCCC/C=C\CCCCCCCCCCCCCC. The number of carbonyl (C=O) groups excluding carboxylic acids is 1. The number of hydrogen-bond donors (Lipinski definition) is 4. The number of amides is 1. The van der Waals surface area contributed by atoms with Gasteiger partial charge in [0.2, 0.25) is 5.91 Å². The minimum atomic E-state index is -0.962. The fourth-order valence-corrected chi connectivity index (χ4v) is 8.37. The minimum Gasteiger partial charge on any atom is -0.394 e. The van der Waals surface area contributed by atoms with Crippen molar-refractivity contribution in [1.82, 2.24) is 5.32 Å². The van der Waals surface area contributed by atoms with Crippen LogP contribution < -0.4 is 5.32 Å². The predicted octanol–water partition coefficient (Wildman–Crippen LogP) is 16.8. The van der Waals surface area contributed by atoms with Gasteiger partial charge < -0.3 is 20.6 Å². The highest BCUT2D eigenvalue weighted by Gasteiger charge is 2.20. The molecule has 62 heavy (non-hydrogen) atoms. The molecule has 0 aromatic rings. The summed E-state index contributed by atoms with van der Waals surface area (Å²) in [5.41, 5.74) is 0. The summed E-state index contributed by atoms with van der Waals surface area (Å²) in [5.74, 6) is -0.328. The summed E-state index contributed by atoms with van der Waals surface area (Å²) in [7, 11) is 0. The van der Waals surface area contributed by atoms with Crippen LogP contribution in [0.15, 0.2) is 48.6 Å². The van der Waals surface area contributed by atoms with Crippen molar-refractivity contribution in [3.8, 4) is 0 Å². The molecule has 5 nitrogen and oxygen atoms in total. The third-order valence-corrected chi connectivity index (χ3v) is 12.6. The Labute approximate surface area is 387 Å². The van der Waals surface area contributed by atoms with Crippen molar-refractivity contribution in [3.05, 3.63) is 48.6 Å². The van der Waals surface area contributed by atoms with E-state index in [-0.39, 0.29) is 18.9 Å². The summed E-state index contributed by atoms with van der Waals surface area (Å²) in [5, 5.41) is 33.4. The van der Waals surface area contributed by atoms with Crippen LogP contribution in [-0.4, -0.2) is 46.1 Å². The summed E-state index contributed by atoms with van der Waals surface area (Å²) in [4.78, 5) is 12.5. The van der Waals surface area contributed by atoms with Gasteiger partial charge >= 0.3 is 0 Å². The summed E-state index contributed by atoms with van der Waals surface area (Å²) >= 11 is 0. The fraction of sp³-hybridized carbons (Fsp3) is 0.842. The van der Waals surface area contributed by atoms with Gasteiger partial charge in [-0.15, -0.1) is 0 Å². The van der Waals surface area contributed by atoms with Gasteiger partial charge in [-0.25, -0.2) is 0 Å². The second-order valence-corrected chi connectivity index (χ2v) is 18.8. The lowest BCUT2D eigenvalue weighted by molar-refractivity contribution is -0.124. The van der Waals surface area contributed by atoms with Gasteiger partial charge in [0.15, 0.2) is 0 Å². The lowest BCUT2D eigenvalue weighted by atomic mass is 10.0. The van der Waals surface area contributed by atoms with E-state index in [1.165, 1.54) is 218 Å². The zero-order chi connectivity index (χ0) is 45.1. The molecular weight excluding hydrogens is 763 g/mol. The maximum absolute atomic E-state index is 12.5. The third kappa shape index (κ3) is 47.8. The van der Waals surface area contributed by atoms with E-state index in [2.05, 4.69) is 55.6 Å². The molecule has 3 atom stereocenters. The molecule has 0 bridgehead atoms. The Morgan fingerprint density at radius 3 is 1.03 bits per heavy atom. The van der Waals surface area contributed by atoms with Crippen LogP contribution >= 0.6 is 0 Å². The molecule has 0 rings (SSSR count). The van der Waals surface area contributed by atoms with Crippen molar-refractivity contribution in [1.29, 1.82) is 0 Å². The van der Waals surface area contributed by atoms with E-state index in [4.69, 9.17) is 0 Å². The maximum atomic E-state index is 12.5. The third-order valence-electron chi connectivity index (χ3n) is 12.6. The lowest BCUT2D eigenvalue weighted by Gasteiger charge is -2.21. The van der Waals surface area contributed by atoms with E-state index in [1.807, 2.05) is 6.08 Å². The Balaban J connectivity index is 3.64. The van der Waals surface area contributed by atoms with E-state index >= 15 is 0 Å². The van der Waals surface area contributed by atoms with Crippen LogP contribution in [-0.2, 0) is 4.79 Å². The highest BCUT2D eigenvalue weighted by Crippen LogP contribution is 2.16. The molecule has 1 amide bonds. The van der Waals surface area contributed by atoms with Crippen LogP contribution in [0, 0.1) is 0 Å². The number of carbonyl (C=O) groups is 1. The molecule has 0 aromatic carbocycles. The van der Waals surface area contributed by atoms with Crippen molar-refractivity contribution >= 4 is 5.91 Å². The summed E-state index contributed by atoms with van der Waals surface area (Å²) < 4.78 is 0. The van der Waals surface area contributed by atoms with Gasteiger partial charge in [-0.05, 0) is 70.6 Å². The molecule has 0 saturated carbocycles. The monoisotopic (exact) mass is 870 g/mol. The summed E-state index contributed by atoms with van der Waals surface area (Å²) in [6.07, 6.45) is 68.6. The van der Waals surface area contributed by atoms with Gasteiger partial charge in [-0.2, -0.15) is 0 Å². The summed E-state index contributed by atoms with van der Waals surface area (Å²) in [6, 6.07) is -0.769. The van der Waals surface area contributed by atoms with Gasteiger partial charge in [0.1, 0.15) is 0 Å². The van der Waals surface area contributed by atoms with E-state index < -0.39 is 18.2 Å². The van der Waals surface area contributed by atoms with Crippen LogP contribution in [0.25, 0.3) is 0 Å². The van der Waals surface area contributed by atoms with E-state index in [9.17, 15) is 20.1 Å². The first-order valence-electron chi connectivity index (χ1n) is 27.4. The number of rotatable bonds is 50. The van der Waals surface area contributed by atoms with Crippen molar-refractivity contribution in [2.75, 3.05) is 6.61 Å². The Bertz CT molecular complexity index is 1000. The van der Waals surface area contributed by atoms with Crippen LogP contribution in [0.1, 0.15) is 284 Å². The minimum absolute atomic E-state index is 0.00149. The molecule has 0 aliphatic rings. The standard InChI is InChI=1S/C57H107NO4/c1-3-5-7-9-11-13-15-17-19-21-23-25-26-27-28-29-31-32-34-36-38-40-42-44-46-48-50-54(60)52-57(62)58-55(53-59)56(61)51-49-47-45-43-41-39-37-35-33-30-24-22-20-18-16-14-12-10-8-6-4-2/h27-28,33,35,41,43,49,51,54-56,59-61H,3-26,29-32,34,36-40,42,44-48,50,52-53H2,1-2H3,(H,58,62)/b28-27-,35-33+,43-41+,51-49+. The molecule has 0 heterocycles. The molecule has 5 heteroatoms. The zero-order valence-corrected chi connectivity index (χ0v) is 41.5. The molecule has 0 aliphatic carbocycles. The summed E-state index contributed by atoms with van der Waals surface area (Å²) in [6.45, 7) is 4.22. The topological polar surface area (TPSA) is 89.8 Å². The molecule has 364 valence electrons. The second kappa shape index (κ2) is 51.9. The second-order valence-electron chi connectivity index (χ2n) is 18.8. The normalized spacial score (nSPS) is 13.7. The van der Waals surface area contributed by atoms with Crippen molar-refractivity contribution in [2.24, 2.45) is 0 Å². The zero-order valence-electron chi connectivity index (χ0n) is 41.5. The molecule has 0 spiro atoms. The smallest absolute Gasteiger partial charge is 0.222 e. The molecule has 0 saturated heterocycles. The molecule has 4 N–H and O–H groups in total. The quantitative estimate of drug-likeness (QED) is 0.0362. The number of aliphatic hydroxyl groups is 3. The highest BCUT2D eigenvalue weighted by atomic mass is 16.3. The van der Waals surface area contributed by atoms with Crippen LogP contribution in [0.3, 0.4) is 0 Å². The highest BCUT2D eigenvalue weighted by molar-refractivity contribution is 5.76. The van der Waals surface area contributed by atoms with Crippen LogP contribution in [0.2, 0.25) is 0 Å². The van der Waals surface area contributed by atoms with Crippen molar-refractivity contribution in [2.45, 2.75) is 302 Å². The number of nitrogens with one attached hydrogen (secondary N) is 1. The lowest BCUT2D eigenvalue weighted by Crippen LogP contribution is -2.45. The molecule has 0 fully saturated rings. The molecule has 3 unspecified atom stereocenters. The van der Waals surface area contributed by atoms with Gasteiger partial charge in [-0.1, -0.05) is 255 Å². The van der Waals surface area contributed by atoms with Gasteiger partial charge in [0, 0.05) is 0 Å². The molecule has 0 radical (unpaired) electrons. The first-order chi connectivity index (χ1) is 30.5. The van der Waals surface area contributed by atoms with E-state index in [1.54, 1.807) is 6.08 Å². The molecule has 0 aromatic heterocycles. The average molecular weight is 870 g/mol. The van der Waals surface area contributed by atoms with E-state index in [0.29, 0.717) is 6.42 Å². The average Bonchev–Trinajstić information content (AvgIpc) is 3.27. The first-order valence-corrected chi connectivity index (χ1v) is 27.4. The van der Waals surface area contributed by atoms with Crippen LogP contribution in [0.5, 0.6) is 0 Å². The van der Waals surface area contributed by atoms with Crippen molar-refractivity contribution < 1.29 is 20.1 Å². The van der Waals surface area contributed by atoms with Gasteiger partial charge in [-0.3, -0.25) is 4.79 Å². The van der Waals surface area contributed by atoms with Crippen molar-refractivity contribution in [3.63, 3.8) is 0 Å². The predicted molar refractivity (Wildman–Crippen MR) is 273 cm³/mol. The fourth-order valence-electron chi connectivity index (χ4n) is 8.37. The Morgan fingerprint density at radius 2 is 0.694 bits per heavy atom. The molecule has 0 aliphatic heterocycles. The van der Waals surface area contributed by atoms with Crippen LogP contribution in [0.4, 0.5) is 0 Å². The van der Waals surface area contributed by atoms with Gasteiger partial charge in [0.05, 0.1) is 31.3 Å². The number of aliphatic hydroxyl groups excluding tert-OH is 3. The Hall–Kier alpha value is -1.69. The van der Waals surface area contributed by atoms with Gasteiger partial charge in [0.25, 0.3) is 0 Å². The van der Waals surface area contributed by atoms with E-state index in [0.717, 1.165) is 38.5 Å². The Kier molecular flexibility index (Phi) is 50.5. The number of hydrogen-bond acceptors (Lipinski definition) is 4. The first kappa shape index (κ1) is 60.3. The number of allylic oxidation sites excluding steroid dienone is 7. The Morgan fingerprint density at radius 1 is 0.403 bits per heavy atom.